The van der Waals surface area contributed by atoms with Crippen molar-refractivity contribution < 1.29 is 18.0 Å². The number of Topliss-reactive ketones (excluding diaryl/α,β-unsaturated/α-hetero) is 1. The minimum atomic E-state index is -1.54. The number of rotatable bonds is 1. The molecular formula is C9H7F3O. The van der Waals surface area contributed by atoms with E-state index in [1.807, 2.05) is 0 Å². The van der Waals surface area contributed by atoms with E-state index in [2.05, 4.69) is 0 Å². The zero-order valence-electron chi connectivity index (χ0n) is 7.12. The van der Waals surface area contributed by atoms with Gasteiger partial charge in [0.2, 0.25) is 0 Å². The summed E-state index contributed by atoms with van der Waals surface area (Å²) in [4.78, 5) is 10.8. The number of hydrogen-bond acceptors (Lipinski definition) is 1. The Labute approximate surface area is 73.2 Å². The van der Waals surface area contributed by atoms with Crippen molar-refractivity contribution in [2.45, 2.75) is 13.8 Å². The third kappa shape index (κ3) is 1.56. The highest BCUT2D eigenvalue weighted by atomic mass is 19.2. The predicted octanol–water partition coefficient (Wildman–Crippen LogP) is 2.61. The van der Waals surface area contributed by atoms with Crippen molar-refractivity contribution in [1.29, 1.82) is 0 Å². The minimum Gasteiger partial charge on any atom is -0.294 e. The van der Waals surface area contributed by atoms with E-state index in [1.165, 1.54) is 13.8 Å². The Balaban J connectivity index is 3.50. The predicted molar refractivity (Wildman–Crippen MR) is 41.1 cm³/mol. The van der Waals surface area contributed by atoms with E-state index in [1.54, 1.807) is 0 Å². The van der Waals surface area contributed by atoms with Gasteiger partial charge in [-0.3, -0.25) is 4.79 Å². The van der Waals surface area contributed by atoms with Crippen LogP contribution in [-0.4, -0.2) is 5.78 Å². The van der Waals surface area contributed by atoms with E-state index in [0.29, 0.717) is 6.07 Å². The van der Waals surface area contributed by atoms with Crippen LogP contribution in [0.3, 0.4) is 0 Å². The molecule has 0 N–H and O–H groups in total. The molecule has 70 valence electrons. The highest BCUT2D eigenvalue weighted by Crippen LogP contribution is 2.19. The van der Waals surface area contributed by atoms with Crippen LogP contribution in [0.15, 0.2) is 6.07 Å². The smallest absolute Gasteiger partial charge is 0.194 e. The Bertz CT molecular complexity index is 372. The van der Waals surface area contributed by atoms with Gasteiger partial charge in [-0.05, 0) is 25.5 Å². The summed E-state index contributed by atoms with van der Waals surface area (Å²) in [6, 6.07) is 0.704. The molecule has 1 aromatic rings. The van der Waals surface area contributed by atoms with E-state index in [9.17, 15) is 18.0 Å². The van der Waals surface area contributed by atoms with Crippen molar-refractivity contribution in [2.24, 2.45) is 0 Å². The molecule has 0 aromatic heterocycles. The van der Waals surface area contributed by atoms with Gasteiger partial charge in [0.25, 0.3) is 0 Å². The van der Waals surface area contributed by atoms with E-state index in [0.717, 1.165) is 0 Å². The average molecular weight is 188 g/mol. The van der Waals surface area contributed by atoms with Crippen LogP contribution in [0.5, 0.6) is 0 Å². The molecule has 4 heteroatoms. The van der Waals surface area contributed by atoms with E-state index < -0.39 is 23.2 Å². The monoisotopic (exact) mass is 188 g/mol. The fourth-order valence-corrected chi connectivity index (χ4v) is 1.05. The molecule has 0 saturated carbocycles. The van der Waals surface area contributed by atoms with Gasteiger partial charge >= 0.3 is 0 Å². The topological polar surface area (TPSA) is 17.1 Å². The van der Waals surface area contributed by atoms with Crippen molar-refractivity contribution in [3.8, 4) is 0 Å². The van der Waals surface area contributed by atoms with Crippen LogP contribution in [0.1, 0.15) is 22.8 Å². The standard InChI is InChI=1S/C9H7F3O/c1-4-6(5(2)13)3-7(10)9(12)8(4)11/h3H,1-2H3. The lowest BCUT2D eigenvalue weighted by Gasteiger charge is -2.04. The molecule has 1 aromatic carbocycles. The Morgan fingerprint density at radius 1 is 1.23 bits per heavy atom. The lowest BCUT2D eigenvalue weighted by Crippen LogP contribution is -2.03. The lowest BCUT2D eigenvalue weighted by molar-refractivity contribution is 0.101. The molecule has 0 radical (unpaired) electrons. The fourth-order valence-electron chi connectivity index (χ4n) is 1.05. The molecule has 0 atom stereocenters. The van der Waals surface area contributed by atoms with E-state index in [-0.39, 0.29) is 11.1 Å². The molecule has 0 saturated heterocycles. The molecule has 0 bridgehead atoms. The molecule has 0 unspecified atom stereocenters. The molecule has 1 nitrogen and oxygen atoms in total. The second-order valence-corrected chi connectivity index (χ2v) is 2.72. The first kappa shape index (κ1) is 9.77. The van der Waals surface area contributed by atoms with E-state index in [4.69, 9.17) is 0 Å². The summed E-state index contributed by atoms with van der Waals surface area (Å²) in [6.07, 6.45) is 0. The van der Waals surface area contributed by atoms with Gasteiger partial charge in [0.05, 0.1) is 0 Å². The SMILES string of the molecule is CC(=O)c1cc(F)c(F)c(F)c1C. The van der Waals surface area contributed by atoms with Crippen LogP contribution in [-0.2, 0) is 0 Å². The van der Waals surface area contributed by atoms with Gasteiger partial charge in [-0.1, -0.05) is 0 Å². The maximum absolute atomic E-state index is 12.8. The van der Waals surface area contributed by atoms with Crippen LogP contribution in [0.25, 0.3) is 0 Å². The molecular weight excluding hydrogens is 181 g/mol. The number of ketones is 1. The van der Waals surface area contributed by atoms with Crippen LogP contribution in [0.4, 0.5) is 13.2 Å². The molecule has 13 heavy (non-hydrogen) atoms. The molecule has 0 aliphatic heterocycles. The summed E-state index contributed by atoms with van der Waals surface area (Å²) in [5, 5.41) is 0. The molecule has 0 amide bonds. The summed E-state index contributed by atoms with van der Waals surface area (Å²) in [5.74, 6) is -4.67. The van der Waals surface area contributed by atoms with Gasteiger partial charge in [0, 0.05) is 5.56 Å². The normalized spacial score (nSPS) is 10.2. The summed E-state index contributed by atoms with van der Waals surface area (Å²) < 4.78 is 38.0. The van der Waals surface area contributed by atoms with Crippen molar-refractivity contribution in [1.82, 2.24) is 0 Å². The maximum Gasteiger partial charge on any atom is 0.194 e. The second-order valence-electron chi connectivity index (χ2n) is 2.72. The zero-order chi connectivity index (χ0) is 10.2. The Kier molecular flexibility index (Phi) is 2.40. The molecule has 0 aliphatic rings. The number of hydrogen-bond donors (Lipinski definition) is 0. The lowest BCUT2D eigenvalue weighted by atomic mass is 10.0. The summed E-state index contributed by atoms with van der Waals surface area (Å²) in [6.45, 7) is 2.40. The van der Waals surface area contributed by atoms with Crippen LogP contribution < -0.4 is 0 Å². The quantitative estimate of drug-likeness (QED) is 0.489. The van der Waals surface area contributed by atoms with Crippen LogP contribution in [0, 0.1) is 24.4 Å². The molecule has 1 rings (SSSR count). The fraction of sp³-hybridized carbons (Fsp3) is 0.222. The largest absolute Gasteiger partial charge is 0.294 e. The first-order valence-electron chi connectivity index (χ1n) is 3.60. The van der Waals surface area contributed by atoms with Gasteiger partial charge in [-0.2, -0.15) is 0 Å². The summed E-state index contributed by atoms with van der Waals surface area (Å²) >= 11 is 0. The van der Waals surface area contributed by atoms with Gasteiger partial charge in [0.1, 0.15) is 0 Å². The number of halogens is 3. The average Bonchev–Trinajstić information content (AvgIpc) is 2.07. The second kappa shape index (κ2) is 3.20. The molecule has 0 spiro atoms. The molecule has 0 fully saturated rings. The third-order valence-corrected chi connectivity index (χ3v) is 1.79. The summed E-state index contributed by atoms with van der Waals surface area (Å²) in [7, 11) is 0. The Morgan fingerprint density at radius 3 is 2.23 bits per heavy atom. The number of benzene rings is 1. The molecule has 0 aliphatic carbocycles. The van der Waals surface area contributed by atoms with Crippen molar-refractivity contribution in [3.63, 3.8) is 0 Å². The first-order chi connectivity index (χ1) is 5.95. The maximum atomic E-state index is 12.8. The van der Waals surface area contributed by atoms with Gasteiger partial charge in [-0.25, -0.2) is 13.2 Å². The number of carbonyl (C=O) groups excluding carboxylic acids is 1. The van der Waals surface area contributed by atoms with Crippen molar-refractivity contribution >= 4 is 5.78 Å². The Morgan fingerprint density at radius 2 is 1.77 bits per heavy atom. The highest BCUT2D eigenvalue weighted by molar-refractivity contribution is 5.95. The van der Waals surface area contributed by atoms with Gasteiger partial charge in [0.15, 0.2) is 23.2 Å². The number of carbonyl (C=O) groups is 1. The zero-order valence-corrected chi connectivity index (χ0v) is 7.12. The highest BCUT2D eigenvalue weighted by Gasteiger charge is 2.17. The first-order valence-corrected chi connectivity index (χ1v) is 3.60. The molecule has 0 heterocycles. The summed E-state index contributed by atoms with van der Waals surface area (Å²) in [5.41, 5.74) is -0.289. The Hall–Kier alpha value is -1.32. The van der Waals surface area contributed by atoms with Crippen molar-refractivity contribution in [2.75, 3.05) is 0 Å². The third-order valence-electron chi connectivity index (χ3n) is 1.79. The van der Waals surface area contributed by atoms with E-state index >= 15 is 0 Å². The minimum absolute atomic E-state index is 0.128. The van der Waals surface area contributed by atoms with Crippen LogP contribution in [0.2, 0.25) is 0 Å². The van der Waals surface area contributed by atoms with Gasteiger partial charge < -0.3 is 0 Å². The van der Waals surface area contributed by atoms with Gasteiger partial charge in [-0.15, -0.1) is 0 Å². The van der Waals surface area contributed by atoms with Crippen molar-refractivity contribution in [3.05, 3.63) is 34.6 Å². The van der Waals surface area contributed by atoms with Crippen LogP contribution >= 0.6 is 0 Å².